The molecule has 10 nitrogen and oxygen atoms in total. The number of nitrogens with zero attached hydrogens (tertiary/aromatic N) is 6. The molecule has 5 heterocycles. The Hall–Kier alpha value is -2.73. The highest BCUT2D eigenvalue weighted by molar-refractivity contribution is 7.99. The molecule has 3 aromatic rings. The number of piperidine rings is 1. The number of nitrogens with two attached hydrogens (primary N) is 1. The van der Waals surface area contributed by atoms with Crippen molar-refractivity contribution in [3.63, 3.8) is 0 Å². The topological polar surface area (TPSA) is 104 Å². The number of morpholine rings is 1. The Balaban J connectivity index is 1.39. The first-order valence-electron chi connectivity index (χ1n) is 13.7. The molecule has 3 aliphatic heterocycles. The predicted molar refractivity (Wildman–Crippen MR) is 157 cm³/mol. The van der Waals surface area contributed by atoms with Gasteiger partial charge in [-0.15, -0.1) is 0 Å². The number of fused-ring (bicyclic) bond motifs is 1. The highest BCUT2D eigenvalue weighted by atomic mass is 35.5. The van der Waals surface area contributed by atoms with Gasteiger partial charge in [-0.05, 0) is 43.9 Å². The Bertz CT molecular complexity index is 1350. The Morgan fingerprint density at radius 3 is 2.72 bits per heavy atom. The van der Waals surface area contributed by atoms with E-state index in [2.05, 4.69) is 26.7 Å². The lowest BCUT2D eigenvalue weighted by Gasteiger charge is -2.35. The summed E-state index contributed by atoms with van der Waals surface area (Å²) in [6, 6.07) is 9.62. The third kappa shape index (κ3) is 5.37. The van der Waals surface area contributed by atoms with Crippen molar-refractivity contribution >= 4 is 52.4 Å². The van der Waals surface area contributed by atoms with Gasteiger partial charge in [0.1, 0.15) is 11.6 Å². The Kier molecular flexibility index (Phi) is 7.75. The minimum absolute atomic E-state index is 0.0380. The molecule has 1 amide bonds. The number of hydrogen-bond donors (Lipinski definition) is 2. The van der Waals surface area contributed by atoms with Crippen molar-refractivity contribution in [2.75, 3.05) is 66.7 Å². The number of rotatable bonds is 6. The van der Waals surface area contributed by atoms with Gasteiger partial charge in [0.25, 0.3) is 5.91 Å². The lowest BCUT2D eigenvalue weighted by Crippen LogP contribution is -2.39. The summed E-state index contributed by atoms with van der Waals surface area (Å²) in [5.41, 5.74) is 9.21. The number of aromatic nitrogens is 3. The second kappa shape index (κ2) is 11.4. The summed E-state index contributed by atoms with van der Waals surface area (Å²) in [6.07, 6.45) is 5.74. The van der Waals surface area contributed by atoms with Crippen LogP contribution in [0.2, 0.25) is 5.02 Å². The minimum atomic E-state index is -0.143. The third-order valence-electron chi connectivity index (χ3n) is 7.83. The second-order valence-corrected chi connectivity index (χ2v) is 11.5. The molecule has 0 aliphatic carbocycles. The summed E-state index contributed by atoms with van der Waals surface area (Å²) in [5.74, 6) is 1.88. The Morgan fingerprint density at radius 2 is 1.95 bits per heavy atom. The molecular weight excluding hydrogens is 536 g/mol. The van der Waals surface area contributed by atoms with Crippen LogP contribution < -0.4 is 20.3 Å². The maximum atomic E-state index is 13.9. The maximum absolute atomic E-state index is 13.9. The monoisotopic (exact) mass is 570 g/mol. The lowest BCUT2D eigenvalue weighted by atomic mass is 9.98. The summed E-state index contributed by atoms with van der Waals surface area (Å²) >= 11 is 7.77. The molecule has 0 bridgehead atoms. The van der Waals surface area contributed by atoms with Crippen molar-refractivity contribution in [3.8, 4) is 0 Å². The molecule has 3 N–H and O–H groups in total. The smallest absolute Gasteiger partial charge is 0.256 e. The van der Waals surface area contributed by atoms with E-state index in [0.717, 1.165) is 80.5 Å². The van der Waals surface area contributed by atoms with Crippen LogP contribution in [0.4, 0.5) is 17.3 Å². The van der Waals surface area contributed by atoms with Crippen LogP contribution in [0, 0.1) is 0 Å². The summed E-state index contributed by atoms with van der Waals surface area (Å²) in [6.45, 7) is 5.30. The molecule has 6 rings (SSSR count). The van der Waals surface area contributed by atoms with Crippen LogP contribution in [-0.2, 0) is 4.74 Å². The van der Waals surface area contributed by atoms with Crippen molar-refractivity contribution in [1.82, 2.24) is 19.5 Å². The van der Waals surface area contributed by atoms with E-state index in [1.807, 2.05) is 21.7 Å². The number of likely N-dealkylation sites (tertiary alicyclic amines) is 1. The molecule has 0 radical (unpaired) electrons. The van der Waals surface area contributed by atoms with Gasteiger partial charge in [-0.2, -0.15) is 9.61 Å². The first-order chi connectivity index (χ1) is 19.0. The average molecular weight is 571 g/mol. The highest BCUT2D eigenvalue weighted by Crippen LogP contribution is 2.35. The lowest BCUT2D eigenvalue weighted by molar-refractivity contribution is 0.0607. The molecular formula is C27H35ClN8O2S. The number of ether oxygens (including phenoxy) is 1. The van der Waals surface area contributed by atoms with Gasteiger partial charge in [0, 0.05) is 62.2 Å². The van der Waals surface area contributed by atoms with Crippen molar-refractivity contribution in [1.29, 1.82) is 0 Å². The molecule has 208 valence electrons. The highest BCUT2D eigenvalue weighted by Gasteiger charge is 2.33. The fraction of sp³-hybridized carbons (Fsp3) is 0.519. The number of amides is 1. The van der Waals surface area contributed by atoms with Gasteiger partial charge < -0.3 is 29.9 Å². The SMILES string of the molecule is CSNc1ccc(Cl)cc1C(=O)N1CCCCC1c1cc2nc(N3CCC(N)C3)cc(N3CCOCC3)n2n1. The van der Waals surface area contributed by atoms with Crippen LogP contribution in [0.3, 0.4) is 0 Å². The van der Waals surface area contributed by atoms with Crippen molar-refractivity contribution in [3.05, 3.63) is 46.6 Å². The minimum Gasteiger partial charge on any atom is -0.378 e. The first kappa shape index (κ1) is 26.5. The van der Waals surface area contributed by atoms with E-state index < -0.39 is 0 Å². The van der Waals surface area contributed by atoms with Gasteiger partial charge in [-0.25, -0.2) is 4.98 Å². The van der Waals surface area contributed by atoms with Gasteiger partial charge in [0.15, 0.2) is 5.65 Å². The standard InChI is InChI=1S/C27H35ClN8O2S/c1-39-32-21-6-5-18(28)14-20(21)27(37)35-8-3-2-4-23(35)22-15-25-30-24(34-9-7-19(29)17-34)16-26(36(25)31-22)33-10-12-38-13-11-33/h5-6,14-16,19,23,32H,2-4,7-13,17,29H2,1H3. The molecule has 3 saturated heterocycles. The molecule has 0 saturated carbocycles. The van der Waals surface area contributed by atoms with Crippen molar-refractivity contribution < 1.29 is 9.53 Å². The molecule has 2 aromatic heterocycles. The summed E-state index contributed by atoms with van der Waals surface area (Å²) in [5, 5.41) is 5.63. The molecule has 2 atom stereocenters. The van der Waals surface area contributed by atoms with E-state index in [0.29, 0.717) is 30.3 Å². The summed E-state index contributed by atoms with van der Waals surface area (Å²) < 4.78 is 10.8. The molecule has 0 spiro atoms. The van der Waals surface area contributed by atoms with Crippen LogP contribution in [0.5, 0.6) is 0 Å². The van der Waals surface area contributed by atoms with Gasteiger partial charge in [-0.1, -0.05) is 23.5 Å². The van der Waals surface area contributed by atoms with Gasteiger partial charge in [-0.3, -0.25) is 4.79 Å². The molecule has 12 heteroatoms. The molecule has 3 aliphatic rings. The average Bonchev–Trinajstić information content (AvgIpc) is 3.60. The van der Waals surface area contributed by atoms with Crippen molar-refractivity contribution in [2.24, 2.45) is 5.73 Å². The number of halogens is 1. The largest absolute Gasteiger partial charge is 0.378 e. The zero-order valence-electron chi connectivity index (χ0n) is 22.2. The maximum Gasteiger partial charge on any atom is 0.256 e. The molecule has 2 unspecified atom stereocenters. The fourth-order valence-corrected chi connectivity index (χ4v) is 6.40. The van der Waals surface area contributed by atoms with E-state index in [-0.39, 0.29) is 18.0 Å². The first-order valence-corrected chi connectivity index (χ1v) is 15.3. The number of carbonyl (C=O) groups excluding carboxylic acids is 1. The number of anilines is 3. The normalized spacial score (nSPS) is 22.1. The van der Waals surface area contributed by atoms with Crippen LogP contribution >= 0.6 is 23.5 Å². The van der Waals surface area contributed by atoms with E-state index >= 15 is 0 Å². The number of nitrogens with one attached hydrogen (secondary N) is 1. The van der Waals surface area contributed by atoms with Gasteiger partial charge >= 0.3 is 0 Å². The molecule has 39 heavy (non-hydrogen) atoms. The summed E-state index contributed by atoms with van der Waals surface area (Å²) in [4.78, 5) is 25.5. The Morgan fingerprint density at radius 1 is 1.10 bits per heavy atom. The summed E-state index contributed by atoms with van der Waals surface area (Å²) in [7, 11) is 0. The van der Waals surface area contributed by atoms with Crippen LogP contribution in [-0.4, -0.2) is 83.6 Å². The van der Waals surface area contributed by atoms with Crippen LogP contribution in [0.25, 0.3) is 5.65 Å². The zero-order chi connectivity index (χ0) is 26.9. The van der Waals surface area contributed by atoms with Crippen molar-refractivity contribution in [2.45, 2.75) is 37.8 Å². The van der Waals surface area contributed by atoms with Crippen LogP contribution in [0.15, 0.2) is 30.3 Å². The Labute approximate surface area is 237 Å². The number of benzene rings is 1. The quantitative estimate of drug-likeness (QED) is 0.428. The van der Waals surface area contributed by atoms with Crippen LogP contribution in [0.1, 0.15) is 47.8 Å². The van der Waals surface area contributed by atoms with E-state index in [9.17, 15) is 4.79 Å². The van der Waals surface area contributed by atoms with Gasteiger partial charge in [0.2, 0.25) is 0 Å². The van der Waals surface area contributed by atoms with E-state index in [4.69, 9.17) is 32.2 Å². The molecule has 3 fully saturated rings. The second-order valence-electron chi connectivity index (χ2n) is 10.4. The predicted octanol–water partition coefficient (Wildman–Crippen LogP) is 3.81. The third-order valence-corrected chi connectivity index (χ3v) is 8.49. The van der Waals surface area contributed by atoms with E-state index in [1.165, 1.54) is 11.9 Å². The van der Waals surface area contributed by atoms with E-state index in [1.54, 1.807) is 12.1 Å². The zero-order valence-corrected chi connectivity index (χ0v) is 23.8. The number of hydrogen-bond acceptors (Lipinski definition) is 9. The fourth-order valence-electron chi connectivity index (χ4n) is 5.83. The van der Waals surface area contributed by atoms with Gasteiger partial charge in [0.05, 0.1) is 36.2 Å². The molecule has 1 aromatic carbocycles. The number of carbonyl (C=O) groups is 1.